The van der Waals surface area contributed by atoms with Crippen molar-refractivity contribution in [3.63, 3.8) is 0 Å². The molecule has 0 unspecified atom stereocenters. The van der Waals surface area contributed by atoms with E-state index in [1.165, 1.54) is 51.4 Å². The molecule has 226 valence electrons. The molecule has 0 aromatic carbocycles. The Morgan fingerprint density at radius 3 is 2.33 bits per heavy atom. The van der Waals surface area contributed by atoms with Gasteiger partial charge in [-0.25, -0.2) is 4.79 Å². The molecule has 4 saturated carbocycles. The maximum atomic E-state index is 12.9. The quantitative estimate of drug-likeness (QED) is 0.426. The van der Waals surface area contributed by atoms with Crippen molar-refractivity contribution in [1.82, 2.24) is 15.5 Å². The first-order valence-electron chi connectivity index (χ1n) is 17.2. The number of nitrogens with one attached hydrogen (secondary N) is 2. The molecular weight excluding hydrogens is 498 g/mol. The van der Waals surface area contributed by atoms with E-state index in [-0.39, 0.29) is 11.8 Å². The van der Waals surface area contributed by atoms with E-state index in [9.17, 15) is 4.79 Å². The van der Waals surface area contributed by atoms with Gasteiger partial charge in [0.25, 0.3) is 0 Å². The van der Waals surface area contributed by atoms with E-state index in [4.69, 9.17) is 9.47 Å². The first-order chi connectivity index (χ1) is 19.1. The topological polar surface area (TPSA) is 62.8 Å². The van der Waals surface area contributed by atoms with Crippen LogP contribution in [0.15, 0.2) is 0 Å². The lowest BCUT2D eigenvalue weighted by molar-refractivity contribution is -0.273. The van der Waals surface area contributed by atoms with Crippen LogP contribution in [0.3, 0.4) is 0 Å². The lowest BCUT2D eigenvalue weighted by atomic mass is 9.44. The molecule has 3 heterocycles. The van der Waals surface area contributed by atoms with Gasteiger partial charge in [0, 0.05) is 24.4 Å². The van der Waals surface area contributed by atoms with Crippen molar-refractivity contribution in [1.29, 1.82) is 0 Å². The number of likely N-dealkylation sites (tertiary alicyclic amines) is 1. The standard InChI is InChI=1S/C34H57N3O3/c1-21-8-15-34(39-20-21)22(2)30-29(40-34)19-28-26-7-6-23-18-25(36-31(38)35-24-11-16-37(5)17-12-24)9-13-32(23,3)27(26)10-14-33(28,30)4/h21-30H,6-20H2,1-5H3,(H2,35,36,38)/t21-,22-,23+,25+,26+,27-,28-,29-,30-,32-,33-,34+/m0/s1. The number of carbonyl (C=O) groups excluding carboxylic acids is 1. The number of hydrogen-bond acceptors (Lipinski definition) is 4. The van der Waals surface area contributed by atoms with Crippen molar-refractivity contribution in [2.24, 2.45) is 52.3 Å². The minimum atomic E-state index is -0.304. The minimum absolute atomic E-state index is 0.0751. The third kappa shape index (κ3) is 4.39. The van der Waals surface area contributed by atoms with Crippen LogP contribution in [0.5, 0.6) is 0 Å². The maximum Gasteiger partial charge on any atom is 0.315 e. The number of piperidine rings is 1. The predicted octanol–water partition coefficient (Wildman–Crippen LogP) is 6.19. The van der Waals surface area contributed by atoms with Crippen molar-refractivity contribution in [2.75, 3.05) is 26.7 Å². The molecule has 40 heavy (non-hydrogen) atoms. The normalized spacial score (nSPS) is 52.9. The number of fused-ring (bicyclic) bond motifs is 7. The summed E-state index contributed by atoms with van der Waals surface area (Å²) in [6.45, 7) is 13.1. The lowest BCUT2D eigenvalue weighted by Gasteiger charge is -2.61. The summed E-state index contributed by atoms with van der Waals surface area (Å²) in [5.74, 6) is 4.76. The van der Waals surface area contributed by atoms with Gasteiger partial charge in [0.15, 0.2) is 5.79 Å². The SMILES string of the molecule is C[C@H]1CC[C@@]2(OC1)O[C@H]1C[C@H]3[C@@H]4CC[C@@H]5C[C@H](NC(=O)NC6CCN(C)CC6)CC[C@]5(C)[C@H]4CC[C@]3(C)[C@H]1[C@@H]2C. The molecule has 1 spiro atoms. The molecule has 2 amide bonds. The minimum Gasteiger partial charge on any atom is -0.349 e. The highest BCUT2D eigenvalue weighted by atomic mass is 16.7. The predicted molar refractivity (Wildman–Crippen MR) is 158 cm³/mol. The highest BCUT2D eigenvalue weighted by molar-refractivity contribution is 5.74. The molecule has 0 aromatic rings. The highest BCUT2D eigenvalue weighted by Crippen LogP contribution is 2.71. The summed E-state index contributed by atoms with van der Waals surface area (Å²) in [5, 5.41) is 6.71. The zero-order valence-corrected chi connectivity index (χ0v) is 26.1. The fourth-order valence-electron chi connectivity index (χ4n) is 12.0. The third-order valence-electron chi connectivity index (χ3n) is 14.3. The van der Waals surface area contributed by atoms with E-state index >= 15 is 0 Å². The molecule has 0 aromatic heterocycles. The van der Waals surface area contributed by atoms with Gasteiger partial charge in [-0.2, -0.15) is 0 Å². The van der Waals surface area contributed by atoms with Crippen LogP contribution in [0.25, 0.3) is 0 Å². The molecule has 7 fully saturated rings. The molecule has 6 nitrogen and oxygen atoms in total. The lowest BCUT2D eigenvalue weighted by Crippen LogP contribution is -2.57. The Bertz CT molecular complexity index is 958. The largest absolute Gasteiger partial charge is 0.349 e. The molecule has 7 aliphatic rings. The first kappa shape index (κ1) is 28.0. The van der Waals surface area contributed by atoms with Crippen LogP contribution in [0.4, 0.5) is 4.79 Å². The Morgan fingerprint density at radius 1 is 0.825 bits per heavy atom. The van der Waals surface area contributed by atoms with Crippen LogP contribution in [0.2, 0.25) is 0 Å². The average molecular weight is 556 g/mol. The molecule has 7 rings (SSSR count). The molecular formula is C34H57N3O3. The molecule has 3 saturated heterocycles. The van der Waals surface area contributed by atoms with Crippen LogP contribution in [0, 0.1) is 52.3 Å². The van der Waals surface area contributed by atoms with Crippen LogP contribution >= 0.6 is 0 Å². The first-order valence-corrected chi connectivity index (χ1v) is 17.2. The fraction of sp³-hybridized carbons (Fsp3) is 0.971. The van der Waals surface area contributed by atoms with Gasteiger partial charge in [-0.1, -0.05) is 27.7 Å². The van der Waals surface area contributed by atoms with Crippen LogP contribution in [0.1, 0.15) is 105 Å². The summed E-state index contributed by atoms with van der Waals surface area (Å²) in [5.41, 5.74) is 0.829. The van der Waals surface area contributed by atoms with Crippen molar-refractivity contribution < 1.29 is 14.3 Å². The van der Waals surface area contributed by atoms with Crippen LogP contribution in [-0.2, 0) is 9.47 Å². The summed E-state index contributed by atoms with van der Waals surface area (Å²) >= 11 is 0. The number of rotatable bonds is 2. The number of carbonyl (C=O) groups is 1. The maximum absolute atomic E-state index is 12.9. The van der Waals surface area contributed by atoms with E-state index in [0.29, 0.717) is 46.8 Å². The van der Waals surface area contributed by atoms with E-state index in [1.807, 2.05) is 0 Å². The second-order valence-corrected chi connectivity index (χ2v) is 16.3. The fourth-order valence-corrected chi connectivity index (χ4v) is 12.0. The number of nitrogens with zero attached hydrogens (tertiary/aromatic N) is 1. The van der Waals surface area contributed by atoms with Gasteiger partial charge in [0.2, 0.25) is 0 Å². The monoisotopic (exact) mass is 555 g/mol. The smallest absolute Gasteiger partial charge is 0.315 e. The summed E-state index contributed by atoms with van der Waals surface area (Å²) in [4.78, 5) is 15.2. The van der Waals surface area contributed by atoms with Gasteiger partial charge in [0.1, 0.15) is 0 Å². The molecule has 2 N–H and O–H groups in total. The van der Waals surface area contributed by atoms with Gasteiger partial charge in [-0.05, 0) is 137 Å². The molecule has 6 heteroatoms. The molecule has 4 aliphatic carbocycles. The van der Waals surface area contributed by atoms with Crippen molar-refractivity contribution in [3.05, 3.63) is 0 Å². The van der Waals surface area contributed by atoms with Crippen LogP contribution in [-0.4, -0.2) is 61.6 Å². The van der Waals surface area contributed by atoms with Crippen molar-refractivity contribution in [3.8, 4) is 0 Å². The highest BCUT2D eigenvalue weighted by Gasteiger charge is 2.69. The molecule has 12 atom stereocenters. The second-order valence-electron chi connectivity index (χ2n) is 16.3. The van der Waals surface area contributed by atoms with E-state index in [1.54, 1.807) is 0 Å². The summed E-state index contributed by atoms with van der Waals surface area (Å²) in [6.07, 6.45) is 15.2. The Kier molecular flexibility index (Phi) is 7.07. The molecule has 3 aliphatic heterocycles. The third-order valence-corrected chi connectivity index (χ3v) is 14.3. The number of hydrogen-bond donors (Lipinski definition) is 2. The Balaban J connectivity index is 0.990. The number of amides is 2. The van der Waals surface area contributed by atoms with Gasteiger partial charge >= 0.3 is 6.03 Å². The summed E-state index contributed by atoms with van der Waals surface area (Å²) in [7, 11) is 2.17. The number of urea groups is 1. The molecule has 0 radical (unpaired) electrons. The summed E-state index contributed by atoms with van der Waals surface area (Å²) < 4.78 is 13.5. The van der Waals surface area contributed by atoms with E-state index in [2.05, 4.69) is 50.3 Å². The van der Waals surface area contributed by atoms with Crippen molar-refractivity contribution >= 4 is 6.03 Å². The average Bonchev–Trinajstić information content (AvgIpc) is 3.37. The van der Waals surface area contributed by atoms with E-state index in [0.717, 1.165) is 69.1 Å². The Labute approximate surface area is 243 Å². The van der Waals surface area contributed by atoms with Gasteiger partial charge < -0.3 is 25.0 Å². The number of ether oxygens (including phenoxy) is 2. The Hall–Kier alpha value is -0.850. The second kappa shape index (κ2) is 10.1. The Morgan fingerprint density at radius 2 is 1.57 bits per heavy atom. The van der Waals surface area contributed by atoms with Gasteiger partial charge in [0.05, 0.1) is 12.7 Å². The molecule has 0 bridgehead atoms. The summed E-state index contributed by atoms with van der Waals surface area (Å²) in [6, 6.07) is 0.744. The van der Waals surface area contributed by atoms with E-state index < -0.39 is 0 Å². The van der Waals surface area contributed by atoms with Gasteiger partial charge in [-0.3, -0.25) is 0 Å². The zero-order chi connectivity index (χ0) is 27.9. The zero-order valence-electron chi connectivity index (χ0n) is 26.1. The van der Waals surface area contributed by atoms with Crippen LogP contribution < -0.4 is 10.6 Å². The van der Waals surface area contributed by atoms with Crippen molar-refractivity contribution in [2.45, 2.75) is 129 Å². The van der Waals surface area contributed by atoms with Gasteiger partial charge in [-0.15, -0.1) is 0 Å².